The average Bonchev–Trinajstić information content (AvgIpc) is 2.35. The maximum atomic E-state index is 9.89. The van der Waals surface area contributed by atoms with E-state index < -0.39 is 12.2 Å². The van der Waals surface area contributed by atoms with Gasteiger partial charge in [0, 0.05) is 0 Å². The van der Waals surface area contributed by atoms with Gasteiger partial charge in [-0.2, -0.15) is 0 Å². The van der Waals surface area contributed by atoms with Crippen molar-refractivity contribution in [1.82, 2.24) is 10.3 Å². The molecule has 2 atom stereocenters. The van der Waals surface area contributed by atoms with Crippen molar-refractivity contribution in [2.24, 2.45) is 0 Å². The molecule has 0 aliphatic rings. The highest BCUT2D eigenvalue weighted by Gasteiger charge is 2.20. The van der Waals surface area contributed by atoms with Gasteiger partial charge in [0.2, 0.25) is 5.88 Å². The molecule has 6 nitrogen and oxygen atoms in total. The standard InChI is InChI=1S/C11H19N3O3/c1-13-6-5-9(15)10(16)8-4-3-7(12)11(14-8)17-2/h3-4,9-10,13,15-16H,5-6,12H2,1-2H3. The molecule has 0 saturated heterocycles. The molecule has 0 saturated carbocycles. The molecule has 1 aromatic rings. The van der Waals surface area contributed by atoms with Crippen molar-refractivity contribution >= 4 is 5.69 Å². The Balaban J connectivity index is 2.77. The Bertz CT molecular complexity index is 360. The Hall–Kier alpha value is -1.37. The zero-order valence-electron chi connectivity index (χ0n) is 10.1. The van der Waals surface area contributed by atoms with E-state index in [4.69, 9.17) is 10.5 Å². The highest BCUT2D eigenvalue weighted by atomic mass is 16.5. The number of nitrogens with one attached hydrogen (secondary N) is 1. The maximum Gasteiger partial charge on any atom is 0.237 e. The monoisotopic (exact) mass is 241 g/mol. The number of aliphatic hydroxyl groups is 2. The van der Waals surface area contributed by atoms with E-state index in [1.807, 2.05) is 0 Å². The van der Waals surface area contributed by atoms with Crippen LogP contribution in [0.3, 0.4) is 0 Å². The second-order valence-corrected chi connectivity index (χ2v) is 3.74. The number of ether oxygens (including phenoxy) is 1. The summed E-state index contributed by atoms with van der Waals surface area (Å²) in [5.41, 5.74) is 6.36. The number of aliphatic hydroxyl groups excluding tert-OH is 2. The minimum absolute atomic E-state index is 0.252. The van der Waals surface area contributed by atoms with E-state index in [9.17, 15) is 10.2 Å². The van der Waals surface area contributed by atoms with Gasteiger partial charge in [-0.15, -0.1) is 0 Å². The topological polar surface area (TPSA) is 101 Å². The molecule has 17 heavy (non-hydrogen) atoms. The average molecular weight is 241 g/mol. The molecule has 0 aromatic carbocycles. The molecule has 0 spiro atoms. The van der Waals surface area contributed by atoms with Gasteiger partial charge >= 0.3 is 0 Å². The number of rotatable bonds is 6. The summed E-state index contributed by atoms with van der Waals surface area (Å²) in [6.45, 7) is 0.615. The number of nitrogens with two attached hydrogens (primary N) is 1. The number of hydrogen-bond acceptors (Lipinski definition) is 6. The zero-order chi connectivity index (χ0) is 12.8. The summed E-state index contributed by atoms with van der Waals surface area (Å²) in [4.78, 5) is 4.04. The maximum absolute atomic E-state index is 9.89. The van der Waals surface area contributed by atoms with Gasteiger partial charge in [-0.3, -0.25) is 0 Å². The van der Waals surface area contributed by atoms with Crippen LogP contribution in [0.1, 0.15) is 18.2 Å². The van der Waals surface area contributed by atoms with E-state index in [2.05, 4.69) is 10.3 Å². The minimum atomic E-state index is -1.04. The number of anilines is 1. The molecule has 6 heteroatoms. The molecule has 5 N–H and O–H groups in total. The van der Waals surface area contributed by atoms with Gasteiger partial charge in [0.15, 0.2) is 0 Å². The van der Waals surface area contributed by atoms with Crippen molar-refractivity contribution in [3.05, 3.63) is 17.8 Å². The van der Waals surface area contributed by atoms with Gasteiger partial charge in [0.05, 0.1) is 24.6 Å². The molecule has 2 unspecified atom stereocenters. The SMILES string of the molecule is CNCCC(O)C(O)c1ccc(N)c(OC)n1. The summed E-state index contributed by atoms with van der Waals surface area (Å²) in [6, 6.07) is 3.17. The third-order valence-corrected chi connectivity index (χ3v) is 2.46. The highest BCUT2D eigenvalue weighted by Crippen LogP contribution is 2.23. The fourth-order valence-corrected chi connectivity index (χ4v) is 1.44. The summed E-state index contributed by atoms with van der Waals surface area (Å²) in [5, 5.41) is 22.5. The van der Waals surface area contributed by atoms with Crippen LogP contribution in [0.25, 0.3) is 0 Å². The van der Waals surface area contributed by atoms with E-state index in [1.54, 1.807) is 19.2 Å². The van der Waals surface area contributed by atoms with Crippen LogP contribution in [-0.4, -0.2) is 42.0 Å². The van der Waals surface area contributed by atoms with Gasteiger partial charge in [0.1, 0.15) is 6.10 Å². The first-order valence-corrected chi connectivity index (χ1v) is 5.41. The lowest BCUT2D eigenvalue weighted by molar-refractivity contribution is 0.0113. The summed E-state index contributed by atoms with van der Waals surface area (Å²) in [6.07, 6.45) is -1.48. The fraction of sp³-hybridized carbons (Fsp3) is 0.545. The van der Waals surface area contributed by atoms with Crippen molar-refractivity contribution in [3.8, 4) is 5.88 Å². The zero-order valence-corrected chi connectivity index (χ0v) is 10.1. The number of hydrogen-bond donors (Lipinski definition) is 4. The van der Waals surface area contributed by atoms with Crippen LogP contribution in [-0.2, 0) is 0 Å². The molecule has 0 fully saturated rings. The van der Waals surface area contributed by atoms with Crippen LogP contribution in [0.4, 0.5) is 5.69 Å². The van der Waals surface area contributed by atoms with E-state index >= 15 is 0 Å². The van der Waals surface area contributed by atoms with E-state index in [1.165, 1.54) is 7.11 Å². The van der Waals surface area contributed by atoms with Crippen LogP contribution in [0.5, 0.6) is 5.88 Å². The van der Waals surface area contributed by atoms with E-state index in [0.717, 1.165) is 0 Å². The minimum Gasteiger partial charge on any atom is -0.480 e. The van der Waals surface area contributed by atoms with Gasteiger partial charge in [-0.25, -0.2) is 4.98 Å². The lowest BCUT2D eigenvalue weighted by Crippen LogP contribution is -2.24. The largest absolute Gasteiger partial charge is 0.480 e. The summed E-state index contributed by atoms with van der Waals surface area (Å²) >= 11 is 0. The lowest BCUT2D eigenvalue weighted by atomic mass is 10.1. The van der Waals surface area contributed by atoms with Gasteiger partial charge in [0.25, 0.3) is 0 Å². The van der Waals surface area contributed by atoms with Crippen LogP contribution in [0.15, 0.2) is 12.1 Å². The van der Waals surface area contributed by atoms with Crippen molar-refractivity contribution in [1.29, 1.82) is 0 Å². The van der Waals surface area contributed by atoms with E-state index in [0.29, 0.717) is 24.3 Å². The molecule has 1 heterocycles. The summed E-state index contributed by atoms with van der Waals surface area (Å²) < 4.78 is 4.96. The van der Waals surface area contributed by atoms with Gasteiger partial charge in [-0.1, -0.05) is 0 Å². The first kappa shape index (κ1) is 13.7. The van der Waals surface area contributed by atoms with Crippen LogP contribution in [0, 0.1) is 0 Å². The molecule has 0 aliphatic carbocycles. The first-order chi connectivity index (χ1) is 8.10. The summed E-state index contributed by atoms with van der Waals surface area (Å²) in [5.74, 6) is 0.252. The highest BCUT2D eigenvalue weighted by molar-refractivity contribution is 5.48. The third-order valence-electron chi connectivity index (χ3n) is 2.46. The lowest BCUT2D eigenvalue weighted by Gasteiger charge is -2.18. The summed E-state index contributed by atoms with van der Waals surface area (Å²) in [7, 11) is 3.23. The van der Waals surface area contributed by atoms with Crippen molar-refractivity contribution in [2.75, 3.05) is 26.4 Å². The second kappa shape index (κ2) is 6.39. The normalized spacial score (nSPS) is 14.4. The van der Waals surface area contributed by atoms with Crippen LogP contribution < -0.4 is 15.8 Å². The predicted octanol–water partition coefficient (Wildman–Crippen LogP) is -0.324. The molecule has 0 aliphatic heterocycles. The molecular formula is C11H19N3O3. The number of nitrogen functional groups attached to an aromatic ring is 1. The number of nitrogens with zero attached hydrogens (tertiary/aromatic N) is 1. The third kappa shape index (κ3) is 3.55. The van der Waals surface area contributed by atoms with Crippen molar-refractivity contribution < 1.29 is 14.9 Å². The molecular weight excluding hydrogens is 222 g/mol. The number of aromatic nitrogens is 1. The van der Waals surface area contributed by atoms with Crippen molar-refractivity contribution in [3.63, 3.8) is 0 Å². The molecule has 96 valence electrons. The Morgan fingerprint density at radius 2 is 2.18 bits per heavy atom. The van der Waals surface area contributed by atoms with Gasteiger partial charge in [-0.05, 0) is 32.1 Å². The molecule has 0 amide bonds. The molecule has 1 aromatic heterocycles. The molecule has 0 bridgehead atoms. The number of methoxy groups -OCH3 is 1. The quantitative estimate of drug-likeness (QED) is 0.544. The molecule has 1 rings (SSSR count). The molecule has 0 radical (unpaired) electrons. The smallest absolute Gasteiger partial charge is 0.237 e. The Kier molecular flexibility index (Phi) is 5.14. The number of pyridine rings is 1. The Morgan fingerprint density at radius 3 is 2.76 bits per heavy atom. The first-order valence-electron chi connectivity index (χ1n) is 5.41. The van der Waals surface area contributed by atoms with Crippen molar-refractivity contribution in [2.45, 2.75) is 18.6 Å². The van der Waals surface area contributed by atoms with Crippen LogP contribution in [0.2, 0.25) is 0 Å². The van der Waals surface area contributed by atoms with Crippen LogP contribution >= 0.6 is 0 Å². The van der Waals surface area contributed by atoms with E-state index in [-0.39, 0.29) is 5.88 Å². The Morgan fingerprint density at radius 1 is 1.47 bits per heavy atom. The predicted molar refractivity (Wildman–Crippen MR) is 64.7 cm³/mol. The fourth-order valence-electron chi connectivity index (χ4n) is 1.44. The second-order valence-electron chi connectivity index (χ2n) is 3.74. The Labute approximate surface area is 100 Å². The van der Waals surface area contributed by atoms with Gasteiger partial charge < -0.3 is 26.0 Å².